The summed E-state index contributed by atoms with van der Waals surface area (Å²) in [4.78, 5) is 23.1. The largest absolute Gasteiger partial charge is 0.481 e. The Balaban J connectivity index is 3.04. The van der Waals surface area contributed by atoms with Gasteiger partial charge in [0.15, 0.2) is 22.9 Å². The number of aryl methyl sites for hydroxylation is 1. The molecule has 0 fully saturated rings. The van der Waals surface area contributed by atoms with Crippen LogP contribution >= 0.6 is 0 Å². The monoisotopic (exact) mass is 299 g/mol. The van der Waals surface area contributed by atoms with Crippen LogP contribution in [0.3, 0.4) is 0 Å². The lowest BCUT2D eigenvalue weighted by Gasteiger charge is -2.17. The number of aliphatic carboxylic acids is 1. The fourth-order valence-corrected chi connectivity index (χ4v) is 2.43. The second-order valence-electron chi connectivity index (χ2n) is 4.59. The third kappa shape index (κ3) is 2.28. The lowest BCUT2D eigenvalue weighted by Crippen LogP contribution is -2.22. The van der Waals surface area contributed by atoms with Gasteiger partial charge in [0.05, 0.1) is 17.3 Å². The van der Waals surface area contributed by atoms with E-state index in [1.807, 2.05) is 0 Å². The smallest absolute Gasteiger partial charge is 0.308 e. The molecule has 7 heteroatoms. The molecular formula is C14H12F3NO3. The molecule has 1 N–H and O–H groups in total. The lowest BCUT2D eigenvalue weighted by molar-refractivity contribution is -0.136. The van der Waals surface area contributed by atoms with E-state index in [-0.39, 0.29) is 28.7 Å². The number of halogens is 3. The molecule has 0 spiro atoms. The van der Waals surface area contributed by atoms with E-state index in [0.717, 1.165) is 0 Å². The first-order chi connectivity index (χ1) is 9.79. The van der Waals surface area contributed by atoms with Gasteiger partial charge in [-0.05, 0) is 19.9 Å². The van der Waals surface area contributed by atoms with E-state index in [0.29, 0.717) is 6.07 Å². The second-order valence-corrected chi connectivity index (χ2v) is 4.59. The zero-order valence-electron chi connectivity index (χ0n) is 11.3. The number of carbonyl (C=O) groups is 1. The van der Waals surface area contributed by atoms with Crippen LogP contribution in [0.1, 0.15) is 18.2 Å². The first kappa shape index (κ1) is 15.1. The van der Waals surface area contributed by atoms with Crippen LogP contribution in [-0.4, -0.2) is 15.6 Å². The fraction of sp³-hybridized carbons (Fsp3) is 0.286. The zero-order chi connectivity index (χ0) is 15.9. The molecule has 112 valence electrons. The second kappa shape index (κ2) is 5.23. The molecule has 2 rings (SSSR count). The van der Waals surface area contributed by atoms with Crippen molar-refractivity contribution in [1.29, 1.82) is 0 Å². The van der Waals surface area contributed by atoms with Gasteiger partial charge in [0.2, 0.25) is 0 Å². The molecule has 0 atom stereocenters. The Morgan fingerprint density at radius 2 is 1.90 bits per heavy atom. The summed E-state index contributed by atoms with van der Waals surface area (Å²) in [6, 6.07) is 0.604. The van der Waals surface area contributed by atoms with Crippen molar-refractivity contribution in [3.63, 3.8) is 0 Å². The third-order valence-electron chi connectivity index (χ3n) is 3.41. The van der Waals surface area contributed by atoms with E-state index < -0.39 is 35.3 Å². The van der Waals surface area contributed by atoms with E-state index in [1.165, 1.54) is 11.5 Å². The van der Waals surface area contributed by atoms with Crippen molar-refractivity contribution >= 4 is 16.9 Å². The van der Waals surface area contributed by atoms with Gasteiger partial charge >= 0.3 is 5.97 Å². The van der Waals surface area contributed by atoms with Crippen LogP contribution < -0.4 is 5.43 Å². The molecule has 0 saturated carbocycles. The van der Waals surface area contributed by atoms with Gasteiger partial charge in [-0.25, -0.2) is 13.2 Å². The average Bonchev–Trinajstić information content (AvgIpc) is 2.42. The molecule has 0 bridgehead atoms. The number of carboxylic acid groups (broad SMARTS) is 1. The summed E-state index contributed by atoms with van der Waals surface area (Å²) in [5, 5.41) is 8.48. The summed E-state index contributed by atoms with van der Waals surface area (Å²) >= 11 is 0. The highest BCUT2D eigenvalue weighted by Gasteiger charge is 2.22. The number of benzene rings is 1. The predicted octanol–water partition coefficient (Wildman–Crippen LogP) is 2.37. The molecule has 1 aromatic heterocycles. The van der Waals surface area contributed by atoms with Crippen molar-refractivity contribution in [2.45, 2.75) is 26.8 Å². The molecule has 0 amide bonds. The molecule has 1 aromatic carbocycles. The Kier molecular flexibility index (Phi) is 3.76. The van der Waals surface area contributed by atoms with E-state index in [1.54, 1.807) is 6.92 Å². The molecule has 2 aromatic rings. The minimum absolute atomic E-state index is 0.0674. The van der Waals surface area contributed by atoms with Gasteiger partial charge in [0.1, 0.15) is 0 Å². The number of hydrogen-bond donors (Lipinski definition) is 1. The number of rotatable bonds is 3. The highest BCUT2D eigenvalue weighted by molar-refractivity contribution is 5.82. The fourth-order valence-electron chi connectivity index (χ4n) is 2.43. The topological polar surface area (TPSA) is 59.3 Å². The van der Waals surface area contributed by atoms with Crippen LogP contribution in [0.15, 0.2) is 10.9 Å². The number of aromatic nitrogens is 1. The van der Waals surface area contributed by atoms with Gasteiger partial charge in [-0.1, -0.05) is 0 Å². The number of carboxylic acids is 1. The lowest BCUT2D eigenvalue weighted by atomic mass is 10.0. The number of hydrogen-bond acceptors (Lipinski definition) is 2. The van der Waals surface area contributed by atoms with E-state index >= 15 is 0 Å². The maximum absolute atomic E-state index is 14.0. The summed E-state index contributed by atoms with van der Waals surface area (Å²) in [6.07, 6.45) is -0.568. The van der Waals surface area contributed by atoms with Gasteiger partial charge in [-0.15, -0.1) is 0 Å². The standard InChI is InChI=1S/C14H12F3NO3/c1-3-18-6(2)7(5-10(19)20)14(21)8-4-9(15)11(16)12(17)13(8)18/h4H,3,5H2,1-2H3,(H,19,20). The molecule has 0 radical (unpaired) electrons. The number of nitrogens with zero attached hydrogens (tertiary/aromatic N) is 1. The molecule has 1 heterocycles. The maximum atomic E-state index is 14.0. The zero-order valence-corrected chi connectivity index (χ0v) is 11.3. The number of pyridine rings is 1. The predicted molar refractivity (Wildman–Crippen MR) is 69.8 cm³/mol. The van der Waals surface area contributed by atoms with Crippen LogP contribution in [0.4, 0.5) is 13.2 Å². The summed E-state index contributed by atoms with van der Waals surface area (Å²) in [5.41, 5.74) is -0.995. The van der Waals surface area contributed by atoms with Crippen LogP contribution in [0, 0.1) is 24.4 Å². The van der Waals surface area contributed by atoms with Crippen LogP contribution in [0.5, 0.6) is 0 Å². The van der Waals surface area contributed by atoms with Gasteiger partial charge in [0, 0.05) is 17.8 Å². The Hall–Kier alpha value is -2.31. The van der Waals surface area contributed by atoms with Crippen molar-refractivity contribution in [1.82, 2.24) is 4.57 Å². The van der Waals surface area contributed by atoms with Crippen molar-refractivity contribution in [2.24, 2.45) is 0 Å². The molecular weight excluding hydrogens is 287 g/mol. The van der Waals surface area contributed by atoms with E-state index in [9.17, 15) is 22.8 Å². The molecule has 0 aliphatic carbocycles. The Morgan fingerprint density at radius 3 is 2.43 bits per heavy atom. The van der Waals surface area contributed by atoms with Gasteiger partial charge in [-0.3, -0.25) is 9.59 Å². The maximum Gasteiger partial charge on any atom is 0.308 e. The summed E-state index contributed by atoms with van der Waals surface area (Å²) in [6.45, 7) is 3.25. The van der Waals surface area contributed by atoms with Crippen LogP contribution in [-0.2, 0) is 17.8 Å². The first-order valence-electron chi connectivity index (χ1n) is 6.20. The minimum atomic E-state index is -1.66. The third-order valence-corrected chi connectivity index (χ3v) is 3.41. The minimum Gasteiger partial charge on any atom is -0.481 e. The molecule has 0 unspecified atom stereocenters. The van der Waals surface area contributed by atoms with Crippen molar-refractivity contribution in [3.8, 4) is 0 Å². The van der Waals surface area contributed by atoms with Gasteiger partial charge < -0.3 is 9.67 Å². The average molecular weight is 299 g/mol. The van der Waals surface area contributed by atoms with Crippen LogP contribution in [0.25, 0.3) is 10.9 Å². The number of fused-ring (bicyclic) bond motifs is 1. The van der Waals surface area contributed by atoms with Crippen molar-refractivity contribution in [3.05, 3.63) is 45.0 Å². The summed E-state index contributed by atoms with van der Waals surface area (Å²) in [7, 11) is 0. The van der Waals surface area contributed by atoms with Crippen LogP contribution in [0.2, 0.25) is 0 Å². The SMILES string of the molecule is CCn1c(C)c(CC(=O)O)c(=O)c2cc(F)c(F)c(F)c21. The van der Waals surface area contributed by atoms with Gasteiger partial charge in [-0.2, -0.15) is 0 Å². The van der Waals surface area contributed by atoms with Gasteiger partial charge in [0.25, 0.3) is 0 Å². The Morgan fingerprint density at radius 1 is 1.29 bits per heavy atom. The van der Waals surface area contributed by atoms with E-state index in [4.69, 9.17) is 5.11 Å². The normalized spacial score (nSPS) is 11.1. The Bertz CT molecular complexity index is 812. The molecule has 4 nitrogen and oxygen atoms in total. The first-order valence-corrected chi connectivity index (χ1v) is 6.20. The Labute approximate surface area is 117 Å². The summed E-state index contributed by atoms with van der Waals surface area (Å²) < 4.78 is 42.0. The highest BCUT2D eigenvalue weighted by atomic mass is 19.2. The highest BCUT2D eigenvalue weighted by Crippen LogP contribution is 2.23. The van der Waals surface area contributed by atoms with E-state index in [2.05, 4.69) is 0 Å². The molecule has 0 aliphatic rings. The molecule has 0 saturated heterocycles. The summed E-state index contributed by atoms with van der Waals surface area (Å²) in [5.74, 6) is -5.83. The molecule has 0 aliphatic heterocycles. The molecule has 21 heavy (non-hydrogen) atoms. The quantitative estimate of drug-likeness (QED) is 0.885. The van der Waals surface area contributed by atoms with Crippen molar-refractivity contribution < 1.29 is 23.1 Å². The van der Waals surface area contributed by atoms with Crippen molar-refractivity contribution in [2.75, 3.05) is 0 Å².